The first-order valence-corrected chi connectivity index (χ1v) is 6.35. The van der Waals surface area contributed by atoms with E-state index in [1.165, 1.54) is 0 Å². The van der Waals surface area contributed by atoms with Gasteiger partial charge in [0.05, 0.1) is 11.1 Å². The summed E-state index contributed by atoms with van der Waals surface area (Å²) in [5, 5.41) is 2.35. The topological polar surface area (TPSA) is 12.0 Å². The summed E-state index contributed by atoms with van der Waals surface area (Å²) in [6.45, 7) is -0.924. The molecule has 1 aromatic carbocycles. The predicted octanol–water partition coefficient (Wildman–Crippen LogP) is 4.52. The van der Waals surface area contributed by atoms with Gasteiger partial charge in [0.1, 0.15) is 5.41 Å². The molecular formula is C13H10F9N. The molecule has 1 atom stereocenters. The van der Waals surface area contributed by atoms with Crippen LogP contribution in [0.5, 0.6) is 0 Å². The van der Waals surface area contributed by atoms with Crippen LogP contribution in [0.4, 0.5) is 39.5 Å². The third kappa shape index (κ3) is 3.26. The quantitative estimate of drug-likeness (QED) is 0.734. The number of halogens is 9. The minimum Gasteiger partial charge on any atom is -0.315 e. The second kappa shape index (κ2) is 5.29. The molecule has 1 unspecified atom stereocenters. The van der Waals surface area contributed by atoms with Crippen molar-refractivity contribution in [2.45, 2.75) is 30.4 Å². The van der Waals surface area contributed by atoms with Gasteiger partial charge in [-0.2, -0.15) is 39.5 Å². The van der Waals surface area contributed by atoms with Gasteiger partial charge in [-0.15, -0.1) is 0 Å². The summed E-state index contributed by atoms with van der Waals surface area (Å²) in [6, 6.07) is 0.113. The van der Waals surface area contributed by atoms with Gasteiger partial charge in [0.2, 0.25) is 0 Å². The molecule has 0 radical (unpaired) electrons. The largest absolute Gasteiger partial charge is 0.416 e. The second-order valence-corrected chi connectivity index (χ2v) is 5.30. The number of rotatable bonds is 1. The minimum atomic E-state index is -5.19. The summed E-state index contributed by atoms with van der Waals surface area (Å²) < 4.78 is 117. The summed E-state index contributed by atoms with van der Waals surface area (Å²) in [4.78, 5) is 0. The van der Waals surface area contributed by atoms with Crippen molar-refractivity contribution >= 4 is 0 Å². The maximum atomic E-state index is 13.4. The van der Waals surface area contributed by atoms with E-state index in [0.717, 1.165) is 0 Å². The average molecular weight is 351 g/mol. The van der Waals surface area contributed by atoms with Crippen molar-refractivity contribution in [3.63, 3.8) is 0 Å². The van der Waals surface area contributed by atoms with E-state index >= 15 is 0 Å². The molecule has 1 aliphatic heterocycles. The summed E-state index contributed by atoms with van der Waals surface area (Å²) in [5.74, 6) is 0. The maximum absolute atomic E-state index is 13.4. The lowest BCUT2D eigenvalue weighted by Gasteiger charge is -2.32. The molecule has 0 saturated carbocycles. The van der Waals surface area contributed by atoms with Gasteiger partial charge < -0.3 is 5.32 Å². The standard InChI is InChI=1S/C13H10F9N/c14-11(15,16)8-3-7(4-9(5-8)12(17,18)19)10(13(20,21)22)1-2-23-6-10/h3-5,23H,1-2,6H2. The highest BCUT2D eigenvalue weighted by Gasteiger charge is 2.58. The first-order valence-electron chi connectivity index (χ1n) is 6.35. The molecule has 2 rings (SSSR count). The van der Waals surface area contributed by atoms with Gasteiger partial charge in [0, 0.05) is 6.54 Å². The van der Waals surface area contributed by atoms with Crippen molar-refractivity contribution in [2.75, 3.05) is 13.1 Å². The van der Waals surface area contributed by atoms with Gasteiger partial charge in [-0.05, 0) is 36.7 Å². The SMILES string of the molecule is FC(F)(F)c1cc(C(F)(F)F)cc(C2(C(F)(F)F)CCNC2)c1. The van der Waals surface area contributed by atoms with Crippen molar-refractivity contribution < 1.29 is 39.5 Å². The molecule has 1 N–H and O–H groups in total. The molecule has 0 spiro atoms. The summed E-state index contributed by atoms with van der Waals surface area (Å²) in [5.41, 5.74) is -7.30. The molecule has 0 amide bonds. The summed E-state index contributed by atoms with van der Waals surface area (Å²) in [7, 11) is 0. The lowest BCUT2D eigenvalue weighted by molar-refractivity contribution is -0.185. The Hall–Kier alpha value is -1.45. The van der Waals surface area contributed by atoms with Crippen LogP contribution in [-0.4, -0.2) is 19.3 Å². The number of hydrogen-bond donors (Lipinski definition) is 1. The van der Waals surface area contributed by atoms with Crippen molar-refractivity contribution in [1.29, 1.82) is 0 Å². The zero-order valence-corrected chi connectivity index (χ0v) is 11.3. The zero-order chi connectivity index (χ0) is 17.7. The highest BCUT2D eigenvalue weighted by Crippen LogP contribution is 2.48. The maximum Gasteiger partial charge on any atom is 0.416 e. The zero-order valence-electron chi connectivity index (χ0n) is 11.3. The first kappa shape index (κ1) is 17.9. The van der Waals surface area contributed by atoms with Crippen LogP contribution in [0.2, 0.25) is 0 Å². The molecule has 0 aromatic heterocycles. The van der Waals surface area contributed by atoms with Crippen LogP contribution in [0.25, 0.3) is 0 Å². The molecule has 1 saturated heterocycles. The molecule has 10 heteroatoms. The van der Waals surface area contributed by atoms with Gasteiger partial charge in [-0.3, -0.25) is 0 Å². The summed E-state index contributed by atoms with van der Waals surface area (Å²) in [6.07, 6.45) is -16.0. The predicted molar refractivity (Wildman–Crippen MR) is 61.7 cm³/mol. The van der Waals surface area contributed by atoms with Crippen LogP contribution in [-0.2, 0) is 17.8 Å². The van der Waals surface area contributed by atoms with E-state index in [2.05, 4.69) is 5.32 Å². The highest BCUT2D eigenvalue weighted by atomic mass is 19.4. The van der Waals surface area contributed by atoms with Gasteiger partial charge in [-0.25, -0.2) is 0 Å². The molecule has 23 heavy (non-hydrogen) atoms. The number of alkyl halides is 9. The lowest BCUT2D eigenvalue weighted by atomic mass is 9.77. The fourth-order valence-corrected chi connectivity index (χ4v) is 2.58. The molecule has 0 aliphatic carbocycles. The molecule has 130 valence electrons. The van der Waals surface area contributed by atoms with Crippen LogP contribution in [0.1, 0.15) is 23.1 Å². The Bertz CT molecular complexity index is 544. The third-order valence-electron chi connectivity index (χ3n) is 3.84. The average Bonchev–Trinajstić information content (AvgIpc) is 2.86. The van der Waals surface area contributed by atoms with Gasteiger partial charge in [0.15, 0.2) is 0 Å². The third-order valence-corrected chi connectivity index (χ3v) is 3.84. The molecule has 0 bridgehead atoms. The fraction of sp³-hybridized carbons (Fsp3) is 0.538. The van der Waals surface area contributed by atoms with E-state index in [9.17, 15) is 39.5 Å². The molecule has 1 heterocycles. The molecule has 1 aliphatic rings. The van der Waals surface area contributed by atoms with E-state index in [4.69, 9.17) is 0 Å². The second-order valence-electron chi connectivity index (χ2n) is 5.30. The molecule has 1 fully saturated rings. The van der Waals surface area contributed by atoms with Gasteiger partial charge >= 0.3 is 18.5 Å². The van der Waals surface area contributed by atoms with Crippen molar-refractivity contribution in [1.82, 2.24) is 5.32 Å². The Morgan fingerprint density at radius 1 is 0.783 bits per heavy atom. The smallest absolute Gasteiger partial charge is 0.315 e. The Balaban J connectivity index is 2.70. The Morgan fingerprint density at radius 2 is 1.26 bits per heavy atom. The normalized spacial score (nSPS) is 23.3. The van der Waals surface area contributed by atoms with Gasteiger partial charge in [-0.1, -0.05) is 0 Å². The van der Waals surface area contributed by atoms with E-state index in [0.29, 0.717) is 0 Å². The number of benzene rings is 1. The number of nitrogens with one attached hydrogen (secondary N) is 1. The van der Waals surface area contributed by atoms with Crippen LogP contribution in [0, 0.1) is 0 Å². The van der Waals surface area contributed by atoms with E-state index < -0.39 is 53.6 Å². The van der Waals surface area contributed by atoms with Crippen LogP contribution in [0.15, 0.2) is 18.2 Å². The Labute approximate surface area is 124 Å². The van der Waals surface area contributed by atoms with Crippen LogP contribution < -0.4 is 5.32 Å². The van der Waals surface area contributed by atoms with Crippen molar-refractivity contribution in [2.24, 2.45) is 0 Å². The minimum absolute atomic E-state index is 0.149. The lowest BCUT2D eigenvalue weighted by Crippen LogP contribution is -2.44. The van der Waals surface area contributed by atoms with E-state index in [1.807, 2.05) is 0 Å². The van der Waals surface area contributed by atoms with Crippen molar-refractivity contribution in [3.05, 3.63) is 34.9 Å². The van der Waals surface area contributed by atoms with Crippen molar-refractivity contribution in [3.8, 4) is 0 Å². The first-order chi connectivity index (χ1) is 10.3. The number of hydrogen-bond acceptors (Lipinski definition) is 1. The van der Waals surface area contributed by atoms with Crippen LogP contribution in [0.3, 0.4) is 0 Å². The van der Waals surface area contributed by atoms with E-state index in [1.54, 1.807) is 0 Å². The molecule has 1 aromatic rings. The fourth-order valence-electron chi connectivity index (χ4n) is 2.58. The van der Waals surface area contributed by atoms with Gasteiger partial charge in [0.25, 0.3) is 0 Å². The Morgan fingerprint density at radius 3 is 1.57 bits per heavy atom. The van der Waals surface area contributed by atoms with Crippen LogP contribution >= 0.6 is 0 Å². The molecule has 1 nitrogen and oxygen atoms in total. The Kier molecular flexibility index (Phi) is 4.11. The summed E-state index contributed by atoms with van der Waals surface area (Å²) >= 11 is 0. The molecular weight excluding hydrogens is 341 g/mol. The van der Waals surface area contributed by atoms with E-state index in [-0.39, 0.29) is 24.7 Å². The monoisotopic (exact) mass is 351 g/mol. The highest BCUT2D eigenvalue weighted by molar-refractivity contribution is 5.40.